The molecule has 1 aliphatic heterocycles. The lowest BCUT2D eigenvalue weighted by atomic mass is 9.93. The Labute approximate surface area is 84.6 Å². The molecule has 4 heteroatoms. The van der Waals surface area contributed by atoms with Crippen LogP contribution in [-0.2, 0) is 9.53 Å². The SMILES string of the molecule is CCCOCC1CCNC(C(=O)O)C1. The summed E-state index contributed by atoms with van der Waals surface area (Å²) in [5.74, 6) is -0.339. The van der Waals surface area contributed by atoms with Crippen LogP contribution in [0.5, 0.6) is 0 Å². The van der Waals surface area contributed by atoms with Crippen molar-refractivity contribution in [2.24, 2.45) is 5.92 Å². The van der Waals surface area contributed by atoms with Crippen molar-refractivity contribution in [1.29, 1.82) is 0 Å². The Morgan fingerprint density at radius 1 is 1.64 bits per heavy atom. The van der Waals surface area contributed by atoms with Crippen LogP contribution in [0, 0.1) is 5.92 Å². The quantitative estimate of drug-likeness (QED) is 0.648. The summed E-state index contributed by atoms with van der Waals surface area (Å²) in [7, 11) is 0. The van der Waals surface area contributed by atoms with Crippen LogP contribution < -0.4 is 5.32 Å². The van der Waals surface area contributed by atoms with E-state index in [4.69, 9.17) is 9.84 Å². The molecule has 1 fully saturated rings. The van der Waals surface area contributed by atoms with Crippen LogP contribution in [0.4, 0.5) is 0 Å². The smallest absolute Gasteiger partial charge is 0.320 e. The van der Waals surface area contributed by atoms with E-state index in [1.54, 1.807) is 0 Å². The maximum absolute atomic E-state index is 10.7. The Kier molecular flexibility index (Phi) is 4.90. The molecule has 82 valence electrons. The van der Waals surface area contributed by atoms with E-state index in [-0.39, 0.29) is 6.04 Å². The molecule has 14 heavy (non-hydrogen) atoms. The van der Waals surface area contributed by atoms with Crippen molar-refractivity contribution in [1.82, 2.24) is 5.32 Å². The van der Waals surface area contributed by atoms with E-state index >= 15 is 0 Å². The zero-order chi connectivity index (χ0) is 10.4. The molecule has 0 radical (unpaired) electrons. The van der Waals surface area contributed by atoms with Crippen LogP contribution in [0.25, 0.3) is 0 Å². The number of piperidine rings is 1. The average Bonchev–Trinajstić information content (AvgIpc) is 2.19. The number of carbonyl (C=O) groups is 1. The standard InChI is InChI=1S/C10H19NO3/c1-2-5-14-7-8-3-4-11-9(6-8)10(12)13/h8-9,11H,2-7H2,1H3,(H,12,13). The Morgan fingerprint density at radius 2 is 2.43 bits per heavy atom. The Balaban J connectivity index is 2.22. The van der Waals surface area contributed by atoms with Crippen LogP contribution in [0.15, 0.2) is 0 Å². The van der Waals surface area contributed by atoms with E-state index in [2.05, 4.69) is 12.2 Å². The lowest BCUT2D eigenvalue weighted by Crippen LogP contribution is -2.44. The summed E-state index contributed by atoms with van der Waals surface area (Å²) in [6, 6.07) is -0.376. The maximum Gasteiger partial charge on any atom is 0.320 e. The van der Waals surface area contributed by atoms with Gasteiger partial charge in [0.05, 0.1) is 0 Å². The summed E-state index contributed by atoms with van der Waals surface area (Å²) < 4.78 is 5.43. The van der Waals surface area contributed by atoms with Crippen molar-refractivity contribution in [3.8, 4) is 0 Å². The molecule has 1 saturated heterocycles. The Morgan fingerprint density at radius 3 is 3.07 bits per heavy atom. The molecule has 0 aromatic rings. The first-order chi connectivity index (χ1) is 6.74. The van der Waals surface area contributed by atoms with E-state index in [1.807, 2.05) is 0 Å². The topological polar surface area (TPSA) is 58.6 Å². The largest absolute Gasteiger partial charge is 0.480 e. The lowest BCUT2D eigenvalue weighted by Gasteiger charge is -2.27. The fourth-order valence-electron chi connectivity index (χ4n) is 1.73. The second-order valence-corrected chi connectivity index (χ2v) is 3.81. The molecule has 1 heterocycles. The number of nitrogens with one attached hydrogen (secondary N) is 1. The van der Waals surface area contributed by atoms with Crippen molar-refractivity contribution >= 4 is 5.97 Å². The zero-order valence-corrected chi connectivity index (χ0v) is 8.66. The molecule has 0 saturated carbocycles. The van der Waals surface area contributed by atoms with Crippen molar-refractivity contribution in [2.45, 2.75) is 32.2 Å². The minimum Gasteiger partial charge on any atom is -0.480 e. The zero-order valence-electron chi connectivity index (χ0n) is 8.66. The molecular weight excluding hydrogens is 182 g/mol. The van der Waals surface area contributed by atoms with Crippen LogP contribution in [0.2, 0.25) is 0 Å². The van der Waals surface area contributed by atoms with E-state index < -0.39 is 5.97 Å². The number of carboxylic acid groups (broad SMARTS) is 1. The molecular formula is C10H19NO3. The van der Waals surface area contributed by atoms with Crippen LogP contribution >= 0.6 is 0 Å². The van der Waals surface area contributed by atoms with Crippen molar-refractivity contribution in [3.63, 3.8) is 0 Å². The maximum atomic E-state index is 10.7. The van der Waals surface area contributed by atoms with Gasteiger partial charge in [-0.3, -0.25) is 4.79 Å². The van der Waals surface area contributed by atoms with Gasteiger partial charge in [-0.1, -0.05) is 6.92 Å². The number of aliphatic carboxylic acids is 1. The molecule has 2 unspecified atom stereocenters. The summed E-state index contributed by atoms with van der Waals surface area (Å²) in [4.78, 5) is 10.7. The van der Waals surface area contributed by atoms with Gasteiger partial charge in [-0.05, 0) is 31.7 Å². The second-order valence-electron chi connectivity index (χ2n) is 3.81. The van der Waals surface area contributed by atoms with Gasteiger partial charge in [0.1, 0.15) is 6.04 Å². The van der Waals surface area contributed by atoms with Crippen LogP contribution in [0.3, 0.4) is 0 Å². The summed E-state index contributed by atoms with van der Waals surface area (Å²) in [5, 5.41) is 11.8. The fourth-order valence-corrected chi connectivity index (χ4v) is 1.73. The normalized spacial score (nSPS) is 27.5. The third-order valence-electron chi connectivity index (χ3n) is 2.51. The Bertz CT molecular complexity index is 184. The molecule has 0 aliphatic carbocycles. The number of hydrogen-bond donors (Lipinski definition) is 2. The monoisotopic (exact) mass is 201 g/mol. The van der Waals surface area contributed by atoms with Gasteiger partial charge in [-0.2, -0.15) is 0 Å². The van der Waals surface area contributed by atoms with Gasteiger partial charge in [0.2, 0.25) is 0 Å². The minimum atomic E-state index is -0.745. The van der Waals surface area contributed by atoms with E-state index in [0.717, 1.165) is 26.0 Å². The summed E-state index contributed by atoms with van der Waals surface area (Å²) in [6.07, 6.45) is 2.74. The first-order valence-corrected chi connectivity index (χ1v) is 5.28. The predicted octanol–water partition coefficient (Wildman–Crippen LogP) is 0.866. The molecule has 0 bridgehead atoms. The lowest BCUT2D eigenvalue weighted by molar-refractivity contribution is -0.140. The molecule has 4 nitrogen and oxygen atoms in total. The van der Waals surface area contributed by atoms with Gasteiger partial charge in [0.15, 0.2) is 0 Å². The highest BCUT2D eigenvalue weighted by molar-refractivity contribution is 5.73. The van der Waals surface area contributed by atoms with Gasteiger partial charge in [-0.25, -0.2) is 0 Å². The highest BCUT2D eigenvalue weighted by Gasteiger charge is 2.26. The molecule has 1 rings (SSSR count). The summed E-state index contributed by atoms with van der Waals surface area (Å²) in [5.41, 5.74) is 0. The van der Waals surface area contributed by atoms with Crippen LogP contribution in [-0.4, -0.2) is 36.9 Å². The summed E-state index contributed by atoms with van der Waals surface area (Å²) in [6.45, 7) is 4.35. The highest BCUT2D eigenvalue weighted by atomic mass is 16.5. The fraction of sp³-hybridized carbons (Fsp3) is 0.900. The van der Waals surface area contributed by atoms with E-state index in [0.29, 0.717) is 18.9 Å². The number of ether oxygens (including phenoxy) is 1. The molecule has 1 aliphatic rings. The third-order valence-corrected chi connectivity index (χ3v) is 2.51. The number of hydrogen-bond acceptors (Lipinski definition) is 3. The molecule has 0 aromatic carbocycles. The molecule has 0 aromatic heterocycles. The highest BCUT2D eigenvalue weighted by Crippen LogP contribution is 2.16. The first-order valence-electron chi connectivity index (χ1n) is 5.28. The van der Waals surface area contributed by atoms with E-state index in [1.165, 1.54) is 0 Å². The van der Waals surface area contributed by atoms with Crippen molar-refractivity contribution in [2.75, 3.05) is 19.8 Å². The Hall–Kier alpha value is -0.610. The van der Waals surface area contributed by atoms with E-state index in [9.17, 15) is 4.79 Å². The predicted molar refractivity (Wildman–Crippen MR) is 53.3 cm³/mol. The van der Waals surface area contributed by atoms with Gasteiger partial charge < -0.3 is 15.2 Å². The van der Waals surface area contributed by atoms with Crippen LogP contribution in [0.1, 0.15) is 26.2 Å². The molecule has 0 spiro atoms. The molecule has 2 atom stereocenters. The average molecular weight is 201 g/mol. The van der Waals surface area contributed by atoms with Gasteiger partial charge in [0, 0.05) is 13.2 Å². The van der Waals surface area contributed by atoms with Crippen molar-refractivity contribution < 1.29 is 14.6 Å². The molecule has 0 amide bonds. The third kappa shape index (κ3) is 3.64. The van der Waals surface area contributed by atoms with Gasteiger partial charge in [0.25, 0.3) is 0 Å². The number of carboxylic acids is 1. The summed E-state index contributed by atoms with van der Waals surface area (Å²) >= 11 is 0. The van der Waals surface area contributed by atoms with Gasteiger partial charge >= 0.3 is 5.97 Å². The van der Waals surface area contributed by atoms with Gasteiger partial charge in [-0.15, -0.1) is 0 Å². The number of rotatable bonds is 5. The van der Waals surface area contributed by atoms with Crippen molar-refractivity contribution in [3.05, 3.63) is 0 Å². The minimum absolute atomic E-state index is 0.376. The first kappa shape index (κ1) is 11.5. The molecule has 2 N–H and O–H groups in total. The second kappa shape index (κ2) is 5.98.